The van der Waals surface area contributed by atoms with E-state index in [1.165, 1.54) is 6.92 Å². The first-order valence-electron chi connectivity index (χ1n) is 3.73. The Hall–Kier alpha value is -1.34. The van der Waals surface area contributed by atoms with Crippen LogP contribution < -0.4 is 0 Å². The highest BCUT2D eigenvalue weighted by molar-refractivity contribution is 5.65. The first-order valence-corrected chi connectivity index (χ1v) is 3.73. The van der Waals surface area contributed by atoms with Gasteiger partial charge in [-0.3, -0.25) is 4.79 Å². The maximum Gasteiger partial charge on any atom is 0.510 e. The van der Waals surface area contributed by atoms with E-state index in [9.17, 15) is 9.59 Å². The molecule has 0 saturated heterocycles. The normalized spacial score (nSPS) is 8.00. The van der Waals surface area contributed by atoms with E-state index in [2.05, 4.69) is 14.2 Å². The van der Waals surface area contributed by atoms with E-state index in [1.807, 2.05) is 0 Å². The molecule has 0 aromatic rings. The van der Waals surface area contributed by atoms with Gasteiger partial charge in [0.15, 0.2) is 13.6 Å². The third kappa shape index (κ3) is 17.0. The number of hydrogen-bond donors (Lipinski definition) is 2. The monoisotopic (exact) mass is 210 g/mol. The van der Waals surface area contributed by atoms with Crippen molar-refractivity contribution < 1.29 is 34.0 Å². The number of carbonyl (C=O) groups excluding carboxylic acids is 2. The first kappa shape index (κ1) is 15.1. The van der Waals surface area contributed by atoms with Crippen LogP contribution in [0, 0.1) is 0 Å². The Morgan fingerprint density at radius 3 is 1.79 bits per heavy atom. The van der Waals surface area contributed by atoms with Gasteiger partial charge in [0.1, 0.15) is 0 Å². The van der Waals surface area contributed by atoms with Crippen LogP contribution in [0.25, 0.3) is 0 Å². The smallest absolute Gasteiger partial charge is 0.439 e. The fraction of sp³-hybridized carbons (Fsp3) is 0.714. The molecule has 0 rings (SSSR count). The first-order chi connectivity index (χ1) is 6.58. The van der Waals surface area contributed by atoms with Crippen molar-refractivity contribution in [3.8, 4) is 0 Å². The second kappa shape index (κ2) is 11.7. The van der Waals surface area contributed by atoms with Gasteiger partial charge in [-0.1, -0.05) is 0 Å². The Bertz CT molecular complexity index is 148. The molecule has 0 bridgehead atoms. The maximum atomic E-state index is 10.0. The summed E-state index contributed by atoms with van der Waals surface area (Å²) in [5.41, 5.74) is 0. The highest BCUT2D eigenvalue weighted by Gasteiger charge is 1.96. The summed E-state index contributed by atoms with van der Waals surface area (Å²) in [6, 6.07) is 0. The van der Waals surface area contributed by atoms with Gasteiger partial charge in [-0.15, -0.1) is 0 Å². The van der Waals surface area contributed by atoms with Crippen molar-refractivity contribution in [3.63, 3.8) is 0 Å². The molecule has 0 amide bonds. The summed E-state index contributed by atoms with van der Waals surface area (Å²) in [5, 5.41) is 15.7. The van der Waals surface area contributed by atoms with Gasteiger partial charge >= 0.3 is 12.1 Å². The topological polar surface area (TPSA) is 102 Å². The van der Waals surface area contributed by atoms with Gasteiger partial charge in [0.2, 0.25) is 0 Å². The van der Waals surface area contributed by atoms with Crippen LogP contribution >= 0.6 is 0 Å². The molecule has 0 aliphatic carbocycles. The van der Waals surface area contributed by atoms with Crippen LogP contribution in [-0.4, -0.2) is 42.5 Å². The molecule has 0 atom stereocenters. The molecule has 0 radical (unpaired) electrons. The third-order valence-electron chi connectivity index (χ3n) is 0.712. The van der Waals surface area contributed by atoms with Crippen LogP contribution in [0.1, 0.15) is 13.8 Å². The predicted octanol–water partition coefficient (Wildman–Crippen LogP) is -0.391. The van der Waals surface area contributed by atoms with Crippen LogP contribution in [-0.2, 0) is 19.0 Å². The number of hydrogen-bond acceptors (Lipinski definition) is 7. The SMILES string of the molecule is CC(=O)OCO.CCOC(=O)OCO. The summed E-state index contributed by atoms with van der Waals surface area (Å²) in [4.78, 5) is 19.7. The Kier molecular flexibility index (Phi) is 12.6. The minimum absolute atomic E-state index is 0.263. The average molecular weight is 210 g/mol. The molecule has 0 fully saturated rings. The minimum Gasteiger partial charge on any atom is -0.439 e. The summed E-state index contributed by atoms with van der Waals surface area (Å²) >= 11 is 0. The van der Waals surface area contributed by atoms with Crippen molar-refractivity contribution in [2.24, 2.45) is 0 Å². The third-order valence-corrected chi connectivity index (χ3v) is 0.712. The lowest BCUT2D eigenvalue weighted by Crippen LogP contribution is -2.06. The zero-order valence-electron chi connectivity index (χ0n) is 8.06. The standard InChI is InChI=1S/C4H8O4.C3H6O3/c1-2-7-4(6)8-3-5;1-3(5)6-2-4/h5H,2-3H2,1H3;4H,2H2,1H3. The molecule has 0 unspecified atom stereocenters. The zero-order chi connectivity index (χ0) is 11.4. The Morgan fingerprint density at radius 2 is 1.57 bits per heavy atom. The van der Waals surface area contributed by atoms with Crippen LogP contribution in [0.3, 0.4) is 0 Å². The van der Waals surface area contributed by atoms with E-state index < -0.39 is 25.7 Å². The van der Waals surface area contributed by atoms with Gasteiger partial charge in [0.25, 0.3) is 0 Å². The molecule has 0 heterocycles. The van der Waals surface area contributed by atoms with E-state index in [0.717, 1.165) is 0 Å². The molecule has 0 aliphatic heterocycles. The quantitative estimate of drug-likeness (QED) is 0.483. The van der Waals surface area contributed by atoms with Crippen molar-refractivity contribution >= 4 is 12.1 Å². The highest BCUT2D eigenvalue weighted by atomic mass is 16.8. The van der Waals surface area contributed by atoms with E-state index in [0.29, 0.717) is 0 Å². The second-order valence-electron chi connectivity index (χ2n) is 1.72. The van der Waals surface area contributed by atoms with Crippen LogP contribution in [0.5, 0.6) is 0 Å². The Morgan fingerprint density at radius 1 is 1.07 bits per heavy atom. The fourth-order valence-electron chi connectivity index (χ4n) is 0.303. The molecule has 0 aromatic heterocycles. The molecular formula is C7H14O7. The van der Waals surface area contributed by atoms with E-state index in [4.69, 9.17) is 10.2 Å². The number of rotatable bonds is 3. The fourth-order valence-corrected chi connectivity index (χ4v) is 0.303. The van der Waals surface area contributed by atoms with E-state index in [1.54, 1.807) is 6.92 Å². The van der Waals surface area contributed by atoms with Gasteiger partial charge in [-0.25, -0.2) is 4.79 Å². The van der Waals surface area contributed by atoms with Gasteiger partial charge in [-0.05, 0) is 6.92 Å². The molecular weight excluding hydrogens is 196 g/mol. The largest absolute Gasteiger partial charge is 0.510 e. The number of aliphatic hydroxyl groups is 2. The number of carbonyl (C=O) groups is 2. The van der Waals surface area contributed by atoms with Crippen molar-refractivity contribution in [2.75, 3.05) is 20.2 Å². The molecule has 7 heteroatoms. The van der Waals surface area contributed by atoms with Crippen LogP contribution in [0.15, 0.2) is 0 Å². The van der Waals surface area contributed by atoms with Crippen LogP contribution in [0.4, 0.5) is 4.79 Å². The molecule has 84 valence electrons. The molecule has 0 spiro atoms. The molecule has 0 saturated carbocycles. The van der Waals surface area contributed by atoms with Gasteiger partial charge in [-0.2, -0.15) is 0 Å². The summed E-state index contributed by atoms with van der Waals surface area (Å²) < 4.78 is 12.2. The molecule has 14 heavy (non-hydrogen) atoms. The summed E-state index contributed by atoms with van der Waals surface area (Å²) in [5.74, 6) is -0.461. The lowest BCUT2D eigenvalue weighted by Gasteiger charge is -1.97. The summed E-state index contributed by atoms with van der Waals surface area (Å²) in [6.07, 6.45) is -0.838. The lowest BCUT2D eigenvalue weighted by atomic mass is 10.8. The van der Waals surface area contributed by atoms with Crippen LogP contribution in [0.2, 0.25) is 0 Å². The molecule has 2 N–H and O–H groups in total. The molecule has 0 aliphatic rings. The Balaban J connectivity index is 0. The average Bonchev–Trinajstić information content (AvgIpc) is 2.05. The number of ether oxygens (including phenoxy) is 3. The number of esters is 1. The van der Waals surface area contributed by atoms with Crippen molar-refractivity contribution in [1.82, 2.24) is 0 Å². The zero-order valence-corrected chi connectivity index (χ0v) is 8.06. The van der Waals surface area contributed by atoms with Crippen molar-refractivity contribution in [3.05, 3.63) is 0 Å². The van der Waals surface area contributed by atoms with E-state index in [-0.39, 0.29) is 6.61 Å². The van der Waals surface area contributed by atoms with Gasteiger partial charge < -0.3 is 24.4 Å². The minimum atomic E-state index is -0.838. The van der Waals surface area contributed by atoms with Gasteiger partial charge in [0, 0.05) is 6.92 Å². The van der Waals surface area contributed by atoms with Crippen molar-refractivity contribution in [1.29, 1.82) is 0 Å². The molecule has 7 nitrogen and oxygen atoms in total. The summed E-state index contributed by atoms with van der Waals surface area (Å²) in [7, 11) is 0. The van der Waals surface area contributed by atoms with Crippen molar-refractivity contribution in [2.45, 2.75) is 13.8 Å². The summed E-state index contributed by atoms with van der Waals surface area (Å²) in [6.45, 7) is 2.00. The lowest BCUT2D eigenvalue weighted by molar-refractivity contribution is -0.148. The van der Waals surface area contributed by atoms with E-state index >= 15 is 0 Å². The number of aliphatic hydroxyl groups excluding tert-OH is 2. The molecule has 0 aromatic carbocycles. The predicted molar refractivity (Wildman–Crippen MR) is 44.0 cm³/mol. The highest BCUT2D eigenvalue weighted by Crippen LogP contribution is 1.80. The Labute approximate surface area is 81.2 Å². The second-order valence-corrected chi connectivity index (χ2v) is 1.72. The maximum absolute atomic E-state index is 10.0. The van der Waals surface area contributed by atoms with Gasteiger partial charge in [0.05, 0.1) is 6.61 Å².